The molecule has 0 aliphatic heterocycles. The average molecular weight is 132 g/mol. The van der Waals surface area contributed by atoms with Gasteiger partial charge in [-0.05, 0) is 0 Å². The highest BCUT2D eigenvalue weighted by atomic mass is 35.5. The number of aromatic nitrogens is 2. The van der Waals surface area contributed by atoms with Crippen LogP contribution >= 0.6 is 11.6 Å². The molecule has 4 heteroatoms. The molecule has 0 aliphatic carbocycles. The maximum atomic E-state index is 11.9. The van der Waals surface area contributed by atoms with Crippen LogP contribution in [0.15, 0.2) is 6.20 Å². The van der Waals surface area contributed by atoms with Crippen molar-refractivity contribution in [2.24, 2.45) is 0 Å². The van der Waals surface area contributed by atoms with Crippen molar-refractivity contribution in [2.75, 3.05) is 0 Å². The molecule has 2 nitrogen and oxygen atoms in total. The van der Waals surface area contributed by atoms with Gasteiger partial charge in [-0.1, -0.05) is 11.6 Å². The molecular formula is C4HClFN2. The van der Waals surface area contributed by atoms with Crippen LogP contribution in [0.3, 0.4) is 0 Å². The number of rotatable bonds is 0. The van der Waals surface area contributed by atoms with E-state index in [0.717, 1.165) is 6.20 Å². The van der Waals surface area contributed by atoms with E-state index in [1.54, 1.807) is 0 Å². The molecule has 0 N–H and O–H groups in total. The van der Waals surface area contributed by atoms with E-state index in [1.807, 2.05) is 0 Å². The predicted octanol–water partition coefficient (Wildman–Crippen LogP) is 1.07. The zero-order valence-corrected chi connectivity index (χ0v) is 4.48. The lowest BCUT2D eigenvalue weighted by atomic mass is 10.6. The maximum absolute atomic E-state index is 11.9. The van der Waals surface area contributed by atoms with E-state index < -0.39 is 5.82 Å². The van der Waals surface area contributed by atoms with Gasteiger partial charge in [-0.2, -0.15) is 5.10 Å². The summed E-state index contributed by atoms with van der Waals surface area (Å²) >= 11 is 5.18. The van der Waals surface area contributed by atoms with Gasteiger partial charge in [0.2, 0.25) is 0 Å². The number of nitrogens with zero attached hydrogens (tertiary/aromatic N) is 2. The van der Waals surface area contributed by atoms with Crippen LogP contribution in [0.4, 0.5) is 4.39 Å². The molecular weight excluding hydrogens is 131 g/mol. The molecule has 0 spiro atoms. The second kappa shape index (κ2) is 2.05. The molecule has 41 valence electrons. The molecule has 1 radical (unpaired) electrons. The maximum Gasteiger partial charge on any atom is 0.162 e. The quantitative estimate of drug-likeness (QED) is 0.526. The Bertz CT molecular complexity index is 174. The highest BCUT2D eigenvalue weighted by molar-refractivity contribution is 6.29. The predicted molar refractivity (Wildman–Crippen MR) is 25.8 cm³/mol. The smallest absolute Gasteiger partial charge is 0.162 e. The van der Waals surface area contributed by atoms with Crippen molar-refractivity contribution in [1.82, 2.24) is 10.2 Å². The lowest BCUT2D eigenvalue weighted by Gasteiger charge is -1.82. The molecule has 0 saturated heterocycles. The van der Waals surface area contributed by atoms with Gasteiger partial charge in [0.1, 0.15) is 0 Å². The van der Waals surface area contributed by atoms with Crippen molar-refractivity contribution in [2.45, 2.75) is 0 Å². The SMILES string of the molecule is Fc1[c]c(Cl)nnc1. The minimum atomic E-state index is -0.593. The molecule has 0 unspecified atom stereocenters. The molecule has 8 heavy (non-hydrogen) atoms. The Kier molecular flexibility index (Phi) is 1.39. The van der Waals surface area contributed by atoms with Crippen LogP contribution in [0.2, 0.25) is 5.15 Å². The summed E-state index contributed by atoms with van der Waals surface area (Å²) < 4.78 is 11.9. The Morgan fingerprint density at radius 1 is 1.75 bits per heavy atom. The first-order chi connectivity index (χ1) is 3.79. The van der Waals surface area contributed by atoms with Gasteiger partial charge in [-0.15, -0.1) is 5.10 Å². The Morgan fingerprint density at radius 3 is 2.88 bits per heavy atom. The zero-order valence-electron chi connectivity index (χ0n) is 3.73. The van der Waals surface area contributed by atoms with E-state index in [9.17, 15) is 4.39 Å². The van der Waals surface area contributed by atoms with Gasteiger partial charge in [0.15, 0.2) is 11.0 Å². The van der Waals surface area contributed by atoms with E-state index in [4.69, 9.17) is 11.6 Å². The van der Waals surface area contributed by atoms with Crippen LogP contribution in [-0.2, 0) is 0 Å². The summed E-state index contributed by atoms with van der Waals surface area (Å²) in [4.78, 5) is 0. The fraction of sp³-hybridized carbons (Fsp3) is 0. The second-order valence-electron chi connectivity index (χ2n) is 1.11. The summed E-state index contributed by atoms with van der Waals surface area (Å²) in [5.74, 6) is -0.593. The second-order valence-corrected chi connectivity index (χ2v) is 1.47. The van der Waals surface area contributed by atoms with E-state index in [-0.39, 0.29) is 5.15 Å². The number of hydrogen-bond acceptors (Lipinski definition) is 2. The standard InChI is InChI=1S/C4HClFN2/c5-4-1-3(6)2-7-8-4/h2H. The van der Waals surface area contributed by atoms with E-state index >= 15 is 0 Å². The lowest BCUT2D eigenvalue weighted by molar-refractivity contribution is 0.612. The van der Waals surface area contributed by atoms with Crippen LogP contribution in [0, 0.1) is 11.9 Å². The van der Waals surface area contributed by atoms with Crippen molar-refractivity contribution in [3.8, 4) is 0 Å². The fourth-order valence-electron chi connectivity index (χ4n) is 0.286. The first-order valence-electron chi connectivity index (χ1n) is 1.85. The third-order valence-electron chi connectivity index (χ3n) is 0.539. The van der Waals surface area contributed by atoms with Crippen molar-refractivity contribution in [3.63, 3.8) is 0 Å². The van der Waals surface area contributed by atoms with Crippen LogP contribution < -0.4 is 0 Å². The molecule has 0 saturated carbocycles. The molecule has 1 aromatic heterocycles. The van der Waals surface area contributed by atoms with Crippen LogP contribution in [-0.4, -0.2) is 10.2 Å². The third kappa shape index (κ3) is 1.13. The third-order valence-corrected chi connectivity index (χ3v) is 0.709. The first kappa shape index (κ1) is 5.44. The van der Waals surface area contributed by atoms with Crippen LogP contribution in [0.1, 0.15) is 0 Å². The minimum absolute atomic E-state index is 0.0509. The molecule has 1 rings (SSSR count). The summed E-state index contributed by atoms with van der Waals surface area (Å²) in [5, 5.41) is 6.40. The average Bonchev–Trinajstić information content (AvgIpc) is 1.64. The Morgan fingerprint density at radius 2 is 2.50 bits per heavy atom. The summed E-state index contributed by atoms with van der Waals surface area (Å²) in [6.07, 6.45) is 0.936. The molecule has 0 fully saturated rings. The monoisotopic (exact) mass is 131 g/mol. The lowest BCUT2D eigenvalue weighted by Crippen LogP contribution is -1.82. The zero-order chi connectivity index (χ0) is 5.98. The number of halogens is 2. The molecule has 0 aromatic carbocycles. The summed E-state index contributed by atoms with van der Waals surface area (Å²) in [6, 6.07) is 2.10. The largest absolute Gasteiger partial charge is 0.204 e. The van der Waals surface area contributed by atoms with Gasteiger partial charge in [-0.3, -0.25) is 0 Å². The van der Waals surface area contributed by atoms with E-state index in [0.29, 0.717) is 0 Å². The van der Waals surface area contributed by atoms with Gasteiger partial charge in [-0.25, -0.2) is 4.39 Å². The minimum Gasteiger partial charge on any atom is -0.204 e. The molecule has 0 bridgehead atoms. The van der Waals surface area contributed by atoms with Crippen LogP contribution in [0.25, 0.3) is 0 Å². The summed E-state index contributed by atoms with van der Waals surface area (Å²) in [7, 11) is 0. The van der Waals surface area contributed by atoms with E-state index in [2.05, 4.69) is 16.3 Å². The van der Waals surface area contributed by atoms with Crippen molar-refractivity contribution < 1.29 is 4.39 Å². The first-order valence-corrected chi connectivity index (χ1v) is 2.23. The Balaban J connectivity index is 3.08. The topological polar surface area (TPSA) is 25.8 Å². The highest BCUT2D eigenvalue weighted by Crippen LogP contribution is 2.00. The molecule has 0 aliphatic rings. The molecule has 0 atom stereocenters. The Hall–Kier alpha value is -0.700. The Labute approximate surface area is 50.3 Å². The van der Waals surface area contributed by atoms with Gasteiger partial charge in [0.05, 0.1) is 12.3 Å². The van der Waals surface area contributed by atoms with Gasteiger partial charge in [0.25, 0.3) is 0 Å². The van der Waals surface area contributed by atoms with Gasteiger partial charge >= 0.3 is 0 Å². The highest BCUT2D eigenvalue weighted by Gasteiger charge is 1.91. The van der Waals surface area contributed by atoms with Crippen molar-refractivity contribution in [1.29, 1.82) is 0 Å². The number of hydrogen-bond donors (Lipinski definition) is 0. The van der Waals surface area contributed by atoms with Crippen LogP contribution in [0.5, 0.6) is 0 Å². The summed E-state index contributed by atoms with van der Waals surface area (Å²) in [5.41, 5.74) is 0. The molecule has 1 aromatic rings. The molecule has 0 amide bonds. The van der Waals surface area contributed by atoms with Gasteiger partial charge < -0.3 is 0 Å². The molecule has 1 heterocycles. The van der Waals surface area contributed by atoms with Crippen molar-refractivity contribution >= 4 is 11.6 Å². The van der Waals surface area contributed by atoms with Crippen molar-refractivity contribution in [3.05, 3.63) is 23.2 Å². The normalized spacial score (nSPS) is 9.25. The fourth-order valence-corrected chi connectivity index (χ4v) is 0.420. The van der Waals surface area contributed by atoms with Gasteiger partial charge in [0, 0.05) is 0 Å². The van der Waals surface area contributed by atoms with E-state index in [1.165, 1.54) is 0 Å². The summed E-state index contributed by atoms with van der Waals surface area (Å²) in [6.45, 7) is 0.